The van der Waals surface area contributed by atoms with Crippen molar-refractivity contribution in [2.45, 2.75) is 38.1 Å². The molecule has 2 rings (SSSR count). The van der Waals surface area contributed by atoms with E-state index in [4.69, 9.17) is 10.8 Å². The van der Waals surface area contributed by atoms with Gasteiger partial charge >= 0.3 is 5.97 Å². The Bertz CT molecular complexity index is 548. The van der Waals surface area contributed by atoms with Crippen LogP contribution in [0.3, 0.4) is 0 Å². The van der Waals surface area contributed by atoms with Crippen LogP contribution in [0.5, 0.6) is 0 Å². The molecule has 6 heteroatoms. The van der Waals surface area contributed by atoms with E-state index in [1.165, 1.54) is 12.1 Å². The largest absolute Gasteiger partial charge is 0.478 e. The lowest BCUT2D eigenvalue weighted by Gasteiger charge is -2.20. The van der Waals surface area contributed by atoms with Crippen LogP contribution in [0.25, 0.3) is 0 Å². The molecule has 1 aromatic carbocycles. The average molecular weight is 355 g/mol. The Morgan fingerprint density at radius 1 is 1.19 bits per heavy atom. The van der Waals surface area contributed by atoms with Crippen molar-refractivity contribution in [3.05, 3.63) is 28.2 Å². The summed E-state index contributed by atoms with van der Waals surface area (Å²) in [6, 6.07) is 4.51. The molecule has 0 bridgehead atoms. The van der Waals surface area contributed by atoms with Gasteiger partial charge in [0.1, 0.15) is 0 Å². The molecule has 2 unspecified atom stereocenters. The lowest BCUT2D eigenvalue weighted by molar-refractivity contribution is -0.120. The van der Waals surface area contributed by atoms with E-state index in [1.807, 2.05) is 0 Å². The first kappa shape index (κ1) is 16.0. The maximum Gasteiger partial charge on any atom is 0.335 e. The number of carboxylic acid groups (broad SMARTS) is 1. The van der Waals surface area contributed by atoms with Crippen LogP contribution < -0.4 is 11.1 Å². The number of carbonyl (C=O) groups excluding carboxylic acids is 1. The number of halogens is 1. The van der Waals surface area contributed by atoms with Gasteiger partial charge in [0, 0.05) is 16.2 Å². The molecule has 1 aliphatic rings. The normalized spacial score (nSPS) is 22.4. The molecule has 0 heterocycles. The molecule has 1 aromatic rings. The number of anilines is 1. The fourth-order valence-corrected chi connectivity index (χ4v) is 3.18. The fraction of sp³-hybridized carbons (Fsp3) is 0.467. The first-order valence-electron chi connectivity index (χ1n) is 7.07. The van der Waals surface area contributed by atoms with Gasteiger partial charge in [-0.2, -0.15) is 0 Å². The van der Waals surface area contributed by atoms with Crippen molar-refractivity contribution in [1.29, 1.82) is 0 Å². The Morgan fingerprint density at radius 3 is 2.62 bits per heavy atom. The van der Waals surface area contributed by atoms with Crippen molar-refractivity contribution < 1.29 is 14.7 Å². The number of rotatable bonds is 3. The van der Waals surface area contributed by atoms with Crippen molar-refractivity contribution in [1.82, 2.24) is 0 Å². The predicted molar refractivity (Wildman–Crippen MR) is 84.3 cm³/mol. The molecular formula is C15H19BrN2O3. The van der Waals surface area contributed by atoms with E-state index >= 15 is 0 Å². The summed E-state index contributed by atoms with van der Waals surface area (Å²) >= 11 is 3.25. The van der Waals surface area contributed by atoms with Gasteiger partial charge in [0.25, 0.3) is 0 Å². The third kappa shape index (κ3) is 4.28. The molecule has 1 aliphatic carbocycles. The van der Waals surface area contributed by atoms with E-state index in [1.54, 1.807) is 6.07 Å². The number of nitrogens with two attached hydrogens (primary N) is 1. The Kier molecular flexibility index (Phi) is 5.36. The fourth-order valence-electron chi connectivity index (χ4n) is 2.68. The number of carbonyl (C=O) groups is 2. The monoisotopic (exact) mass is 354 g/mol. The molecule has 0 radical (unpaired) electrons. The number of carboxylic acids is 1. The molecule has 0 spiro atoms. The van der Waals surface area contributed by atoms with E-state index in [2.05, 4.69) is 21.2 Å². The standard InChI is InChI=1S/C15H19BrN2O3/c16-10-6-9(15(20)21)7-11(8-10)18-14(19)12-4-2-1-3-5-13(12)17/h6-8,12-13H,1-5,17H2,(H,18,19)(H,20,21). The highest BCUT2D eigenvalue weighted by Gasteiger charge is 2.27. The van der Waals surface area contributed by atoms with E-state index in [-0.39, 0.29) is 23.4 Å². The molecular weight excluding hydrogens is 336 g/mol. The third-order valence-electron chi connectivity index (χ3n) is 3.82. The number of nitrogens with one attached hydrogen (secondary N) is 1. The number of benzene rings is 1. The molecule has 2 atom stereocenters. The van der Waals surface area contributed by atoms with Gasteiger partial charge in [-0.1, -0.05) is 35.2 Å². The van der Waals surface area contributed by atoms with E-state index < -0.39 is 5.97 Å². The minimum atomic E-state index is -1.03. The second-order valence-corrected chi connectivity index (χ2v) is 6.35. The SMILES string of the molecule is NC1CCCCCC1C(=O)Nc1cc(Br)cc(C(=O)O)c1. The Balaban J connectivity index is 2.13. The first-order chi connectivity index (χ1) is 9.97. The quantitative estimate of drug-likeness (QED) is 0.727. The number of hydrogen-bond acceptors (Lipinski definition) is 3. The summed E-state index contributed by atoms with van der Waals surface area (Å²) < 4.78 is 0.614. The van der Waals surface area contributed by atoms with E-state index in [0.29, 0.717) is 10.2 Å². The molecule has 0 aliphatic heterocycles. The van der Waals surface area contributed by atoms with E-state index in [0.717, 1.165) is 32.1 Å². The van der Waals surface area contributed by atoms with Gasteiger partial charge in [-0.05, 0) is 31.0 Å². The van der Waals surface area contributed by atoms with Crippen LogP contribution in [0.4, 0.5) is 5.69 Å². The van der Waals surface area contributed by atoms with Gasteiger partial charge in [0.15, 0.2) is 0 Å². The van der Waals surface area contributed by atoms with Crippen LogP contribution in [0, 0.1) is 5.92 Å². The maximum absolute atomic E-state index is 12.4. The van der Waals surface area contributed by atoms with Crippen molar-refractivity contribution in [3.8, 4) is 0 Å². The second kappa shape index (κ2) is 7.04. The van der Waals surface area contributed by atoms with Gasteiger partial charge < -0.3 is 16.2 Å². The van der Waals surface area contributed by atoms with Crippen LogP contribution in [0.2, 0.25) is 0 Å². The summed E-state index contributed by atoms with van der Waals surface area (Å²) in [5, 5.41) is 11.8. The van der Waals surface area contributed by atoms with Gasteiger partial charge in [-0.3, -0.25) is 4.79 Å². The number of aromatic carboxylic acids is 1. The molecule has 1 fully saturated rings. The molecule has 4 N–H and O–H groups in total. The van der Waals surface area contributed by atoms with Crippen LogP contribution in [0.15, 0.2) is 22.7 Å². The van der Waals surface area contributed by atoms with Gasteiger partial charge in [0.2, 0.25) is 5.91 Å². The molecule has 21 heavy (non-hydrogen) atoms. The second-order valence-electron chi connectivity index (χ2n) is 5.43. The summed E-state index contributed by atoms with van der Waals surface area (Å²) in [4.78, 5) is 23.4. The topological polar surface area (TPSA) is 92.4 Å². The van der Waals surface area contributed by atoms with E-state index in [9.17, 15) is 9.59 Å². The molecule has 5 nitrogen and oxygen atoms in total. The summed E-state index contributed by atoms with van der Waals surface area (Å²) in [6.07, 6.45) is 4.82. The van der Waals surface area contributed by atoms with Crippen LogP contribution in [-0.4, -0.2) is 23.0 Å². The highest BCUT2D eigenvalue weighted by atomic mass is 79.9. The Morgan fingerprint density at radius 2 is 1.90 bits per heavy atom. The first-order valence-corrected chi connectivity index (χ1v) is 7.87. The van der Waals surface area contributed by atoms with Crippen LogP contribution in [-0.2, 0) is 4.79 Å². The zero-order valence-electron chi connectivity index (χ0n) is 11.6. The van der Waals surface area contributed by atoms with Gasteiger partial charge in [-0.25, -0.2) is 4.79 Å². The predicted octanol–water partition coefficient (Wildman–Crippen LogP) is 2.99. The maximum atomic E-state index is 12.4. The molecule has 114 valence electrons. The Hall–Kier alpha value is -1.40. The summed E-state index contributed by atoms with van der Waals surface area (Å²) in [7, 11) is 0. The summed E-state index contributed by atoms with van der Waals surface area (Å²) in [5.41, 5.74) is 6.68. The lowest BCUT2D eigenvalue weighted by atomic mass is 9.94. The third-order valence-corrected chi connectivity index (χ3v) is 4.28. The van der Waals surface area contributed by atoms with Crippen LogP contribution in [0.1, 0.15) is 42.5 Å². The van der Waals surface area contributed by atoms with Gasteiger partial charge in [-0.15, -0.1) is 0 Å². The molecule has 1 saturated carbocycles. The number of amides is 1. The molecule has 0 aromatic heterocycles. The lowest BCUT2D eigenvalue weighted by Crippen LogP contribution is -2.37. The van der Waals surface area contributed by atoms with Gasteiger partial charge in [0.05, 0.1) is 11.5 Å². The summed E-state index contributed by atoms with van der Waals surface area (Å²) in [5.74, 6) is -1.36. The highest BCUT2D eigenvalue weighted by molar-refractivity contribution is 9.10. The molecule has 0 saturated heterocycles. The highest BCUT2D eigenvalue weighted by Crippen LogP contribution is 2.25. The average Bonchev–Trinajstić information content (AvgIpc) is 2.62. The van der Waals surface area contributed by atoms with Crippen molar-refractivity contribution >= 4 is 33.5 Å². The molecule has 1 amide bonds. The van der Waals surface area contributed by atoms with Crippen molar-refractivity contribution in [3.63, 3.8) is 0 Å². The smallest absolute Gasteiger partial charge is 0.335 e. The minimum Gasteiger partial charge on any atom is -0.478 e. The van der Waals surface area contributed by atoms with Crippen molar-refractivity contribution in [2.24, 2.45) is 11.7 Å². The van der Waals surface area contributed by atoms with Crippen molar-refractivity contribution in [2.75, 3.05) is 5.32 Å². The number of hydrogen-bond donors (Lipinski definition) is 3. The summed E-state index contributed by atoms with van der Waals surface area (Å²) in [6.45, 7) is 0. The zero-order chi connectivity index (χ0) is 15.4. The zero-order valence-corrected chi connectivity index (χ0v) is 13.2. The van der Waals surface area contributed by atoms with Crippen LogP contribution >= 0.6 is 15.9 Å². The Labute approximate surface area is 132 Å². The minimum absolute atomic E-state index is 0.126.